The van der Waals surface area contributed by atoms with Gasteiger partial charge in [0, 0.05) is 22.8 Å². The summed E-state index contributed by atoms with van der Waals surface area (Å²) in [5.74, 6) is -0.835. The lowest BCUT2D eigenvalue weighted by Gasteiger charge is -2.25. The Morgan fingerprint density at radius 1 is 1.45 bits per heavy atom. The van der Waals surface area contributed by atoms with Crippen molar-refractivity contribution in [3.8, 4) is 0 Å². The summed E-state index contributed by atoms with van der Waals surface area (Å²) in [4.78, 5) is 25.8. The van der Waals surface area contributed by atoms with Crippen molar-refractivity contribution in [2.45, 2.75) is 18.8 Å². The Balaban J connectivity index is 1.89. The summed E-state index contributed by atoms with van der Waals surface area (Å²) in [5.41, 5.74) is 0.517. The maximum Gasteiger partial charge on any atom is 0.478 e. The number of rotatable bonds is 5. The van der Waals surface area contributed by atoms with Gasteiger partial charge in [-0.25, -0.2) is 0 Å². The molecule has 1 aliphatic rings. The van der Waals surface area contributed by atoms with Gasteiger partial charge >= 0.3 is 7.12 Å². The summed E-state index contributed by atoms with van der Waals surface area (Å²) in [6, 6.07) is 7.11. The SMILES string of the molecule is COB(O)C1CCCN1C(=O)CNC(=O)c1ccc(I)cc1. The molecule has 0 spiro atoms. The van der Waals surface area contributed by atoms with Crippen molar-refractivity contribution in [2.24, 2.45) is 0 Å². The van der Waals surface area contributed by atoms with E-state index in [4.69, 9.17) is 4.65 Å². The van der Waals surface area contributed by atoms with Crippen LogP contribution in [0, 0.1) is 3.57 Å². The predicted octanol–water partition coefficient (Wildman–Crippen LogP) is 0.678. The first kappa shape index (κ1) is 17.2. The number of hydrogen-bond acceptors (Lipinski definition) is 4. The standard InChI is InChI=1S/C14H18BIN2O4/c1-22-15(21)12-3-2-8-18(12)13(19)9-17-14(20)10-4-6-11(16)7-5-10/h4-7,12,21H,2-3,8-9H2,1H3,(H,17,20). The van der Waals surface area contributed by atoms with E-state index in [0.717, 1.165) is 9.99 Å². The van der Waals surface area contributed by atoms with Crippen molar-refractivity contribution in [2.75, 3.05) is 20.2 Å². The lowest BCUT2D eigenvalue weighted by atomic mass is 9.77. The van der Waals surface area contributed by atoms with Crippen LogP contribution in [0.2, 0.25) is 0 Å². The average molecular weight is 416 g/mol. The van der Waals surface area contributed by atoms with Gasteiger partial charge in [-0.1, -0.05) is 0 Å². The largest absolute Gasteiger partial charge is 0.478 e. The Morgan fingerprint density at radius 2 is 2.14 bits per heavy atom. The van der Waals surface area contributed by atoms with E-state index in [1.807, 2.05) is 12.1 Å². The van der Waals surface area contributed by atoms with Crippen LogP contribution in [0.4, 0.5) is 0 Å². The third-order valence-electron chi connectivity index (χ3n) is 3.70. The molecule has 2 N–H and O–H groups in total. The molecule has 1 aliphatic heterocycles. The monoisotopic (exact) mass is 416 g/mol. The molecule has 0 aromatic heterocycles. The highest BCUT2D eigenvalue weighted by atomic mass is 127. The molecule has 22 heavy (non-hydrogen) atoms. The van der Waals surface area contributed by atoms with Gasteiger partial charge in [-0.3, -0.25) is 9.59 Å². The summed E-state index contributed by atoms with van der Waals surface area (Å²) in [6.07, 6.45) is 1.52. The highest BCUT2D eigenvalue weighted by molar-refractivity contribution is 14.1. The molecule has 1 unspecified atom stereocenters. The first-order chi connectivity index (χ1) is 10.5. The molecule has 2 amide bonds. The topological polar surface area (TPSA) is 78.9 Å². The number of nitrogens with one attached hydrogen (secondary N) is 1. The van der Waals surface area contributed by atoms with Gasteiger partial charge in [-0.05, 0) is 59.7 Å². The van der Waals surface area contributed by atoms with Crippen molar-refractivity contribution in [3.63, 3.8) is 0 Å². The van der Waals surface area contributed by atoms with Crippen LogP contribution in [-0.2, 0) is 9.45 Å². The van der Waals surface area contributed by atoms with E-state index >= 15 is 0 Å². The van der Waals surface area contributed by atoms with E-state index in [-0.39, 0.29) is 24.3 Å². The third kappa shape index (κ3) is 4.20. The summed E-state index contributed by atoms with van der Waals surface area (Å²) in [7, 11) is 0.419. The quantitative estimate of drug-likeness (QED) is 0.547. The van der Waals surface area contributed by atoms with Crippen molar-refractivity contribution in [3.05, 3.63) is 33.4 Å². The van der Waals surface area contributed by atoms with Gasteiger partial charge in [0.05, 0.1) is 12.5 Å². The maximum atomic E-state index is 12.2. The minimum Gasteiger partial charge on any atom is -0.426 e. The predicted molar refractivity (Wildman–Crippen MR) is 91.2 cm³/mol. The number of carbonyl (C=O) groups excluding carboxylic acids is 2. The van der Waals surface area contributed by atoms with Crippen LogP contribution < -0.4 is 5.32 Å². The molecule has 0 radical (unpaired) electrons. The fourth-order valence-corrected chi connectivity index (χ4v) is 2.88. The first-order valence-corrected chi connectivity index (χ1v) is 8.15. The third-order valence-corrected chi connectivity index (χ3v) is 4.42. The first-order valence-electron chi connectivity index (χ1n) is 7.07. The Morgan fingerprint density at radius 3 is 2.77 bits per heavy atom. The van der Waals surface area contributed by atoms with E-state index in [2.05, 4.69) is 27.9 Å². The van der Waals surface area contributed by atoms with E-state index in [1.165, 1.54) is 7.11 Å². The Bertz CT molecular complexity index is 540. The molecule has 0 saturated carbocycles. The van der Waals surface area contributed by atoms with Crippen LogP contribution in [0.3, 0.4) is 0 Å². The molecule has 1 heterocycles. The van der Waals surface area contributed by atoms with Gasteiger partial charge in [0.1, 0.15) is 0 Å². The van der Waals surface area contributed by atoms with Crippen LogP contribution >= 0.6 is 22.6 Å². The molecule has 1 saturated heterocycles. The Hall–Kier alpha value is -1.13. The Kier molecular flexibility index (Phi) is 6.21. The minimum absolute atomic E-state index is 0.0856. The summed E-state index contributed by atoms with van der Waals surface area (Å²) < 4.78 is 5.93. The van der Waals surface area contributed by atoms with Crippen LogP contribution in [0.5, 0.6) is 0 Å². The second kappa shape index (κ2) is 7.93. The van der Waals surface area contributed by atoms with Gasteiger partial charge in [0.2, 0.25) is 5.91 Å². The molecule has 1 aromatic carbocycles. The number of benzene rings is 1. The number of hydrogen-bond donors (Lipinski definition) is 2. The number of amides is 2. The molecule has 0 bridgehead atoms. The lowest BCUT2D eigenvalue weighted by Crippen LogP contribution is -2.49. The highest BCUT2D eigenvalue weighted by Gasteiger charge is 2.37. The summed E-state index contributed by atoms with van der Waals surface area (Å²) in [5, 5.41) is 12.4. The van der Waals surface area contributed by atoms with Crippen molar-refractivity contribution in [1.29, 1.82) is 0 Å². The zero-order chi connectivity index (χ0) is 16.1. The minimum atomic E-state index is -0.988. The van der Waals surface area contributed by atoms with Gasteiger partial charge in [-0.2, -0.15) is 0 Å². The molecular formula is C14H18BIN2O4. The zero-order valence-corrected chi connectivity index (χ0v) is 14.4. The fraction of sp³-hybridized carbons (Fsp3) is 0.429. The molecule has 118 valence electrons. The van der Waals surface area contributed by atoms with E-state index in [1.54, 1.807) is 17.0 Å². The zero-order valence-electron chi connectivity index (χ0n) is 12.3. The molecule has 8 heteroatoms. The van der Waals surface area contributed by atoms with E-state index in [0.29, 0.717) is 18.5 Å². The number of likely N-dealkylation sites (tertiary alicyclic amines) is 1. The van der Waals surface area contributed by atoms with Gasteiger partial charge < -0.3 is 19.9 Å². The molecular weight excluding hydrogens is 398 g/mol. The van der Waals surface area contributed by atoms with Gasteiger partial charge in [0.15, 0.2) is 0 Å². The second-order valence-corrected chi connectivity index (χ2v) is 6.36. The Labute approximate surface area is 143 Å². The van der Waals surface area contributed by atoms with E-state index < -0.39 is 7.12 Å². The molecule has 0 aliphatic carbocycles. The fourth-order valence-electron chi connectivity index (χ4n) is 2.52. The number of nitrogens with zero attached hydrogens (tertiary/aromatic N) is 1. The summed E-state index contributed by atoms with van der Waals surface area (Å²) in [6.45, 7) is 0.487. The van der Waals surface area contributed by atoms with Crippen molar-refractivity contribution >= 4 is 41.5 Å². The van der Waals surface area contributed by atoms with Crippen LogP contribution in [0.1, 0.15) is 23.2 Å². The highest BCUT2D eigenvalue weighted by Crippen LogP contribution is 2.19. The number of carbonyl (C=O) groups is 2. The lowest BCUT2D eigenvalue weighted by molar-refractivity contribution is -0.130. The average Bonchev–Trinajstić information content (AvgIpc) is 3.01. The van der Waals surface area contributed by atoms with Crippen molar-refractivity contribution < 1.29 is 19.3 Å². The van der Waals surface area contributed by atoms with Crippen LogP contribution in [0.25, 0.3) is 0 Å². The van der Waals surface area contributed by atoms with Crippen LogP contribution in [-0.4, -0.2) is 55.0 Å². The van der Waals surface area contributed by atoms with Crippen molar-refractivity contribution in [1.82, 2.24) is 10.2 Å². The van der Waals surface area contributed by atoms with Gasteiger partial charge in [-0.15, -0.1) is 0 Å². The van der Waals surface area contributed by atoms with E-state index in [9.17, 15) is 14.6 Å². The number of halogens is 1. The molecule has 2 rings (SSSR count). The smallest absolute Gasteiger partial charge is 0.426 e. The van der Waals surface area contributed by atoms with Crippen LogP contribution in [0.15, 0.2) is 24.3 Å². The molecule has 1 fully saturated rings. The molecule has 1 atom stereocenters. The van der Waals surface area contributed by atoms with Gasteiger partial charge in [0.25, 0.3) is 5.91 Å². The second-order valence-electron chi connectivity index (χ2n) is 5.11. The molecule has 1 aromatic rings. The maximum absolute atomic E-state index is 12.2. The normalized spacial score (nSPS) is 17.4. The summed E-state index contributed by atoms with van der Waals surface area (Å²) >= 11 is 2.16. The molecule has 6 nitrogen and oxygen atoms in total.